The standard InChI is InChI=1S/C64H102O30/c1-24-11-16-64(59(82)94-56-47(79)43(75)40(72)32(89-56)23-84-53-48(80)44(76)50(31(21-66)88-53)91-54-45(77)41(73)36(68)25(2)85-54)18-17-62(7)27(28(64)19-24)9-10-34-61(6)14-13-35(60(4,5)33(61)12-15-63(34,62)8)90-58-52(38(70)29(67)22-83-58)93-57-49(81)51(37(69)26(3)86-57)92-55-46(78)42(74)39(71)30(20-65)87-55/h9,25-26,28-58,65-81H,1,10-23H2,2-8H3/t25-,26-,28-,29-,30+,31+,32+,33+,34+,35-,36-,37-,38-,39+,40+,41+,42-,43-,44+,45+,46+,47+,48+,49+,50+,51+,52+,53+,54-,55-,56-,57-,58-,61-,62+,63+,64-/m0/s1. The molecule has 6 aliphatic heterocycles. The van der Waals surface area contributed by atoms with Crippen molar-refractivity contribution in [1.29, 1.82) is 0 Å². The molecule has 5 aliphatic carbocycles. The number of esters is 1. The summed E-state index contributed by atoms with van der Waals surface area (Å²) in [5, 5.41) is 184. The molecule has 0 unspecified atom stereocenters. The van der Waals surface area contributed by atoms with Crippen LogP contribution in [-0.4, -0.2) is 303 Å². The van der Waals surface area contributed by atoms with Crippen molar-refractivity contribution >= 4 is 5.97 Å². The first-order chi connectivity index (χ1) is 44.2. The Morgan fingerprint density at radius 1 is 0.532 bits per heavy atom. The number of aliphatic hydroxyl groups excluding tert-OH is 17. The molecule has 0 bridgehead atoms. The van der Waals surface area contributed by atoms with Gasteiger partial charge in [-0.3, -0.25) is 4.79 Å². The second-order valence-corrected chi connectivity index (χ2v) is 30.0. The van der Waals surface area contributed by atoms with Crippen molar-refractivity contribution in [1.82, 2.24) is 0 Å². The summed E-state index contributed by atoms with van der Waals surface area (Å²) in [5.41, 5.74) is -0.480. The number of carbonyl (C=O) groups is 1. The Morgan fingerprint density at radius 3 is 1.77 bits per heavy atom. The highest BCUT2D eigenvalue weighted by atomic mass is 16.8. The second kappa shape index (κ2) is 27.6. The Bertz CT molecular complexity index is 2670. The number of aliphatic hydroxyl groups is 17. The highest BCUT2D eigenvalue weighted by molar-refractivity contribution is 5.79. The first-order valence-corrected chi connectivity index (χ1v) is 33.3. The van der Waals surface area contributed by atoms with Gasteiger partial charge >= 0.3 is 5.97 Å². The van der Waals surface area contributed by atoms with E-state index in [9.17, 15) is 86.8 Å². The molecule has 0 radical (unpaired) electrons. The molecule has 0 spiro atoms. The van der Waals surface area contributed by atoms with Crippen molar-refractivity contribution in [2.45, 2.75) is 297 Å². The Morgan fingerprint density at radius 2 is 1.10 bits per heavy atom. The van der Waals surface area contributed by atoms with Crippen molar-refractivity contribution in [3.05, 3.63) is 23.8 Å². The molecule has 6 saturated heterocycles. The van der Waals surface area contributed by atoms with E-state index < -0.39 is 226 Å². The van der Waals surface area contributed by atoms with Crippen molar-refractivity contribution in [2.24, 2.45) is 44.8 Å². The predicted octanol–water partition coefficient (Wildman–Crippen LogP) is -4.16. The predicted molar refractivity (Wildman–Crippen MR) is 315 cm³/mol. The lowest BCUT2D eigenvalue weighted by Gasteiger charge is -2.71. The Hall–Kier alpha value is -2.17. The van der Waals surface area contributed by atoms with E-state index >= 15 is 4.79 Å². The molecule has 0 amide bonds. The molecule has 538 valence electrons. The summed E-state index contributed by atoms with van der Waals surface area (Å²) in [6.45, 7) is 16.1. The lowest BCUT2D eigenvalue weighted by atomic mass is 9.34. The third-order valence-electron chi connectivity index (χ3n) is 24.6. The van der Waals surface area contributed by atoms with Crippen LogP contribution in [0, 0.1) is 44.8 Å². The monoisotopic (exact) mass is 1350 g/mol. The second-order valence-electron chi connectivity index (χ2n) is 30.0. The number of hydrogen-bond acceptors (Lipinski definition) is 30. The van der Waals surface area contributed by atoms with E-state index in [0.29, 0.717) is 44.9 Å². The minimum absolute atomic E-state index is 0.0867. The maximum atomic E-state index is 15.2. The quantitative estimate of drug-likeness (QED) is 0.0420. The van der Waals surface area contributed by atoms with Gasteiger partial charge in [0.25, 0.3) is 0 Å². The minimum Gasteiger partial charge on any atom is -0.432 e. The summed E-state index contributed by atoms with van der Waals surface area (Å²) in [4.78, 5) is 15.2. The van der Waals surface area contributed by atoms with Gasteiger partial charge < -0.3 is 144 Å². The van der Waals surface area contributed by atoms with E-state index in [4.69, 9.17) is 56.8 Å². The average Bonchev–Trinajstić information content (AvgIpc) is 0.677. The maximum Gasteiger partial charge on any atom is 0.315 e. The lowest BCUT2D eigenvalue weighted by molar-refractivity contribution is -0.382. The van der Waals surface area contributed by atoms with Crippen molar-refractivity contribution in [3.8, 4) is 0 Å². The Balaban J connectivity index is 0.754. The van der Waals surface area contributed by atoms with E-state index in [2.05, 4.69) is 47.3 Å². The molecule has 11 rings (SSSR count). The molecular formula is C64H102O30. The molecule has 0 aromatic heterocycles. The summed E-state index contributed by atoms with van der Waals surface area (Å²) in [6.07, 6.45) is -39.1. The molecule has 0 aromatic carbocycles. The zero-order valence-corrected chi connectivity index (χ0v) is 54.1. The Kier molecular flexibility index (Phi) is 21.5. The van der Waals surface area contributed by atoms with Crippen LogP contribution in [0.1, 0.15) is 113 Å². The van der Waals surface area contributed by atoms with Gasteiger partial charge in [-0.15, -0.1) is 0 Å². The fraction of sp³-hybridized carbons (Fsp3) is 0.922. The molecule has 4 saturated carbocycles. The zero-order chi connectivity index (χ0) is 68.4. The van der Waals surface area contributed by atoms with Gasteiger partial charge in [0.05, 0.1) is 50.2 Å². The molecule has 0 aromatic rings. The van der Waals surface area contributed by atoms with Gasteiger partial charge in [0.15, 0.2) is 31.5 Å². The first kappa shape index (κ1) is 73.1. The van der Waals surface area contributed by atoms with Crippen LogP contribution < -0.4 is 0 Å². The van der Waals surface area contributed by atoms with Crippen LogP contribution in [0.4, 0.5) is 0 Å². The van der Waals surface area contributed by atoms with Crippen molar-refractivity contribution in [3.63, 3.8) is 0 Å². The van der Waals surface area contributed by atoms with Crippen LogP contribution in [0.5, 0.6) is 0 Å². The van der Waals surface area contributed by atoms with Crippen molar-refractivity contribution < 1.29 is 148 Å². The van der Waals surface area contributed by atoms with E-state index in [-0.39, 0.29) is 35.2 Å². The molecule has 11 aliphatic rings. The number of rotatable bonds is 15. The van der Waals surface area contributed by atoms with Gasteiger partial charge in [0.1, 0.15) is 128 Å². The molecule has 30 heteroatoms. The fourth-order valence-corrected chi connectivity index (χ4v) is 18.6. The van der Waals surface area contributed by atoms with Crippen LogP contribution in [0.15, 0.2) is 23.8 Å². The fourth-order valence-electron chi connectivity index (χ4n) is 18.6. The highest BCUT2D eigenvalue weighted by Gasteiger charge is 2.70. The number of carbonyl (C=O) groups excluding carboxylic acids is 1. The highest BCUT2D eigenvalue weighted by Crippen LogP contribution is 2.76. The van der Waals surface area contributed by atoms with E-state index in [1.165, 1.54) is 13.8 Å². The summed E-state index contributed by atoms with van der Waals surface area (Å²) >= 11 is 0. The zero-order valence-electron chi connectivity index (χ0n) is 54.1. The number of ether oxygens (including phenoxy) is 12. The number of hydrogen-bond donors (Lipinski definition) is 17. The lowest BCUT2D eigenvalue weighted by Crippen LogP contribution is -2.66. The van der Waals surface area contributed by atoms with Crippen LogP contribution in [0.25, 0.3) is 0 Å². The first-order valence-electron chi connectivity index (χ1n) is 33.3. The molecule has 10 fully saturated rings. The number of allylic oxidation sites excluding steroid dienone is 3. The van der Waals surface area contributed by atoms with Gasteiger partial charge in [0, 0.05) is 5.92 Å². The van der Waals surface area contributed by atoms with E-state index in [1.54, 1.807) is 0 Å². The van der Waals surface area contributed by atoms with E-state index in [1.807, 2.05) is 0 Å². The van der Waals surface area contributed by atoms with Gasteiger partial charge in [-0.1, -0.05) is 58.4 Å². The molecule has 6 heterocycles. The summed E-state index contributed by atoms with van der Waals surface area (Å²) < 4.78 is 71.4. The van der Waals surface area contributed by atoms with Crippen LogP contribution in [-0.2, 0) is 61.6 Å². The molecular weight excluding hydrogens is 1250 g/mol. The topological polar surface area (TPSA) is 472 Å². The largest absolute Gasteiger partial charge is 0.432 e. The third kappa shape index (κ3) is 12.4. The molecule has 37 atom stereocenters. The van der Waals surface area contributed by atoms with Gasteiger partial charge in [0.2, 0.25) is 6.29 Å². The average molecular weight is 1350 g/mol. The Labute approximate surface area is 544 Å². The van der Waals surface area contributed by atoms with Gasteiger partial charge in [-0.2, -0.15) is 0 Å². The molecule has 94 heavy (non-hydrogen) atoms. The van der Waals surface area contributed by atoms with Gasteiger partial charge in [-0.05, 0) is 112 Å². The summed E-state index contributed by atoms with van der Waals surface area (Å²) in [6, 6.07) is 0. The van der Waals surface area contributed by atoms with Crippen LogP contribution >= 0.6 is 0 Å². The SMILES string of the molecule is C=C1CC[C@]2(C(=O)O[C@@H]3O[C@H](CO[C@@H]4O[C@H](CO)[C@@H](O[C@@H]5O[C@@H](C)[C@H](O)[C@@H](O)[C@H]5O)[C@H](O)[C@H]4O)[C@@H](O)[C@H](O)[C@H]3O)CC[C@]3(C)C(=CC[C@@H]4[C@@]5(C)CC[C@H](O[C@@H]6OC[C@H](O)[C@H](O)[C@H]6O[C@@H]6O[C@@H](C)[C@H](O)[C@@H](O[C@@H]7O[C@H](CO)[C@@H](O)[C@H](O)[C@H]7O)[C@H]6O)C(C)(C)[C@H]5CC[C@]43C)[C@@H]2C1. The molecule has 17 N–H and O–H groups in total. The third-order valence-corrected chi connectivity index (χ3v) is 24.6. The van der Waals surface area contributed by atoms with Gasteiger partial charge in [-0.25, -0.2) is 0 Å². The van der Waals surface area contributed by atoms with Crippen LogP contribution in [0.3, 0.4) is 0 Å². The van der Waals surface area contributed by atoms with E-state index in [0.717, 1.165) is 30.4 Å². The summed E-state index contributed by atoms with van der Waals surface area (Å²) in [7, 11) is 0. The summed E-state index contributed by atoms with van der Waals surface area (Å²) in [5.74, 6) is -0.771. The van der Waals surface area contributed by atoms with Crippen molar-refractivity contribution in [2.75, 3.05) is 26.4 Å². The minimum atomic E-state index is -1.92. The smallest absolute Gasteiger partial charge is 0.315 e. The maximum absolute atomic E-state index is 15.2. The van der Waals surface area contributed by atoms with Crippen LogP contribution in [0.2, 0.25) is 0 Å². The molecule has 30 nitrogen and oxygen atoms in total. The normalized spacial score (nSPS) is 54.5. The number of fused-ring (bicyclic) bond motifs is 7.